The average molecular weight is 266 g/mol. The molecule has 0 atom stereocenters. The number of hydrogen-bond donors (Lipinski definition) is 1. The van der Waals surface area contributed by atoms with Crippen LogP contribution in [0, 0.1) is 4.77 Å². The molecule has 0 aromatic carbocycles. The predicted molar refractivity (Wildman–Crippen MR) is 70.2 cm³/mol. The third-order valence-electron chi connectivity index (χ3n) is 2.59. The van der Waals surface area contributed by atoms with E-state index in [9.17, 15) is 4.79 Å². The summed E-state index contributed by atoms with van der Waals surface area (Å²) >= 11 is 5.19. The summed E-state index contributed by atoms with van der Waals surface area (Å²) < 4.78 is 7.21. The number of hydrogen-bond acceptors (Lipinski definition) is 4. The molecule has 96 valence electrons. The molecule has 0 bridgehead atoms. The summed E-state index contributed by atoms with van der Waals surface area (Å²) in [5.41, 5.74) is 1.40. The van der Waals surface area contributed by atoms with E-state index in [4.69, 9.17) is 17.0 Å². The molecule has 1 N–H and O–H groups in total. The van der Waals surface area contributed by atoms with Crippen LogP contribution in [0.25, 0.3) is 11.2 Å². The maximum Gasteiger partial charge on any atom is 0.242 e. The molecule has 2 heterocycles. The van der Waals surface area contributed by atoms with Gasteiger partial charge in [-0.05, 0) is 18.3 Å². The second-order valence-corrected chi connectivity index (χ2v) is 4.42. The summed E-state index contributed by atoms with van der Waals surface area (Å²) in [5.74, 6) is 0.444. The summed E-state index contributed by atoms with van der Waals surface area (Å²) in [4.78, 5) is 20.6. The highest BCUT2D eigenvalue weighted by molar-refractivity contribution is 7.71. The van der Waals surface area contributed by atoms with Crippen LogP contribution in [0.15, 0.2) is 12.1 Å². The number of rotatable bonds is 3. The molecule has 18 heavy (non-hydrogen) atoms. The molecule has 0 aliphatic heterocycles. The van der Waals surface area contributed by atoms with E-state index in [0.717, 1.165) is 5.52 Å². The summed E-state index contributed by atoms with van der Waals surface area (Å²) in [6.45, 7) is 0.159. The zero-order chi connectivity index (χ0) is 13.3. The van der Waals surface area contributed by atoms with Crippen molar-refractivity contribution in [2.24, 2.45) is 0 Å². The Hall–Kier alpha value is -1.89. The van der Waals surface area contributed by atoms with Gasteiger partial charge in [0.05, 0.1) is 12.6 Å². The Morgan fingerprint density at radius 1 is 1.56 bits per heavy atom. The molecule has 0 saturated carbocycles. The number of carbonyl (C=O) groups is 1. The van der Waals surface area contributed by atoms with E-state index < -0.39 is 0 Å². The number of nitrogens with zero attached hydrogens (tertiary/aromatic N) is 3. The number of pyridine rings is 1. The smallest absolute Gasteiger partial charge is 0.242 e. The van der Waals surface area contributed by atoms with Gasteiger partial charge in [0, 0.05) is 20.2 Å². The quantitative estimate of drug-likeness (QED) is 0.848. The summed E-state index contributed by atoms with van der Waals surface area (Å²) in [7, 11) is 4.95. The van der Waals surface area contributed by atoms with Gasteiger partial charge in [-0.15, -0.1) is 0 Å². The van der Waals surface area contributed by atoms with Crippen LogP contribution in [0.5, 0.6) is 5.88 Å². The summed E-state index contributed by atoms with van der Waals surface area (Å²) in [5, 5.41) is 0. The molecular weight excluding hydrogens is 252 g/mol. The number of imidazole rings is 1. The van der Waals surface area contributed by atoms with Gasteiger partial charge >= 0.3 is 0 Å². The highest BCUT2D eigenvalue weighted by atomic mass is 32.1. The van der Waals surface area contributed by atoms with Gasteiger partial charge in [0.15, 0.2) is 10.4 Å². The first-order chi connectivity index (χ1) is 8.52. The van der Waals surface area contributed by atoms with Crippen LogP contribution in [0.4, 0.5) is 0 Å². The largest absolute Gasteiger partial charge is 0.481 e. The highest BCUT2D eigenvalue weighted by Gasteiger charge is 2.12. The Balaban J connectivity index is 2.51. The van der Waals surface area contributed by atoms with Gasteiger partial charge < -0.3 is 14.6 Å². The third kappa shape index (κ3) is 2.21. The number of aromatic amines is 1. The second-order valence-electron chi connectivity index (χ2n) is 4.03. The molecule has 0 spiro atoms. The van der Waals surface area contributed by atoms with E-state index in [1.54, 1.807) is 31.8 Å². The molecule has 0 aliphatic carbocycles. The lowest BCUT2D eigenvalue weighted by Gasteiger charge is -2.10. The van der Waals surface area contributed by atoms with Crippen molar-refractivity contribution in [3.63, 3.8) is 0 Å². The summed E-state index contributed by atoms with van der Waals surface area (Å²) in [6, 6.07) is 3.57. The molecule has 2 rings (SSSR count). The molecular formula is C11H14N4O2S. The Labute approximate surface area is 109 Å². The number of amides is 1. The van der Waals surface area contributed by atoms with Gasteiger partial charge in [-0.3, -0.25) is 9.36 Å². The fourth-order valence-corrected chi connectivity index (χ4v) is 1.81. The number of ether oxygens (including phenoxy) is 1. The number of likely N-dealkylation sites (N-methyl/N-ethyl adjacent to an activating group) is 1. The van der Waals surface area contributed by atoms with E-state index in [-0.39, 0.29) is 12.5 Å². The number of nitrogens with one attached hydrogen (secondary N) is 1. The number of H-pyrrole nitrogens is 1. The lowest BCUT2D eigenvalue weighted by Crippen LogP contribution is -2.26. The van der Waals surface area contributed by atoms with Gasteiger partial charge in [0.25, 0.3) is 0 Å². The van der Waals surface area contributed by atoms with E-state index in [1.807, 2.05) is 6.07 Å². The maximum absolute atomic E-state index is 11.7. The fraction of sp³-hybridized carbons (Fsp3) is 0.364. The van der Waals surface area contributed by atoms with Gasteiger partial charge in [-0.2, -0.15) is 4.98 Å². The SMILES string of the molecule is COc1ccc2[nH]c(=S)n(CC(=O)N(C)C)c2n1. The molecule has 6 nitrogen and oxygen atoms in total. The number of carbonyl (C=O) groups excluding carboxylic acids is 1. The van der Waals surface area contributed by atoms with E-state index in [0.29, 0.717) is 16.3 Å². The van der Waals surface area contributed by atoms with Crippen molar-refractivity contribution in [3.8, 4) is 5.88 Å². The molecule has 0 fully saturated rings. The minimum atomic E-state index is -0.0448. The number of aromatic nitrogens is 3. The van der Waals surface area contributed by atoms with Crippen molar-refractivity contribution in [2.45, 2.75) is 6.54 Å². The minimum absolute atomic E-state index is 0.0448. The maximum atomic E-state index is 11.7. The predicted octanol–water partition coefficient (Wildman–Crippen LogP) is 1.19. The lowest BCUT2D eigenvalue weighted by molar-refractivity contribution is -0.129. The van der Waals surface area contributed by atoms with E-state index >= 15 is 0 Å². The monoisotopic (exact) mass is 266 g/mol. The van der Waals surface area contributed by atoms with Crippen LogP contribution in [-0.4, -0.2) is 46.5 Å². The topological polar surface area (TPSA) is 63.1 Å². The lowest BCUT2D eigenvalue weighted by atomic mass is 10.4. The molecule has 0 radical (unpaired) electrons. The van der Waals surface area contributed by atoms with Crippen molar-refractivity contribution in [1.82, 2.24) is 19.4 Å². The Morgan fingerprint density at radius 2 is 2.28 bits per heavy atom. The molecule has 2 aromatic rings. The zero-order valence-corrected chi connectivity index (χ0v) is 11.2. The molecule has 0 aliphatic rings. The van der Waals surface area contributed by atoms with Crippen molar-refractivity contribution >= 4 is 29.3 Å². The van der Waals surface area contributed by atoms with E-state index in [1.165, 1.54) is 4.90 Å². The van der Waals surface area contributed by atoms with Crippen molar-refractivity contribution < 1.29 is 9.53 Å². The zero-order valence-electron chi connectivity index (χ0n) is 10.4. The summed E-state index contributed by atoms with van der Waals surface area (Å²) in [6.07, 6.45) is 0. The first-order valence-corrected chi connectivity index (χ1v) is 5.77. The van der Waals surface area contributed by atoms with Crippen LogP contribution < -0.4 is 4.74 Å². The van der Waals surface area contributed by atoms with Crippen LogP contribution in [-0.2, 0) is 11.3 Å². The Bertz CT molecular complexity index is 644. The number of methoxy groups -OCH3 is 1. The van der Waals surface area contributed by atoms with Crippen LogP contribution >= 0.6 is 12.2 Å². The van der Waals surface area contributed by atoms with Crippen LogP contribution in [0.2, 0.25) is 0 Å². The minimum Gasteiger partial charge on any atom is -0.481 e. The van der Waals surface area contributed by atoms with Crippen LogP contribution in [0.1, 0.15) is 0 Å². The van der Waals surface area contributed by atoms with Crippen molar-refractivity contribution in [1.29, 1.82) is 0 Å². The molecule has 1 amide bonds. The normalized spacial score (nSPS) is 10.6. The van der Waals surface area contributed by atoms with Crippen LogP contribution in [0.3, 0.4) is 0 Å². The number of fused-ring (bicyclic) bond motifs is 1. The first-order valence-electron chi connectivity index (χ1n) is 5.36. The highest BCUT2D eigenvalue weighted by Crippen LogP contribution is 2.16. The first kappa shape index (κ1) is 12.6. The molecule has 2 aromatic heterocycles. The van der Waals surface area contributed by atoms with Gasteiger partial charge in [0.2, 0.25) is 11.8 Å². The van der Waals surface area contributed by atoms with E-state index in [2.05, 4.69) is 9.97 Å². The Kier molecular flexibility index (Phi) is 3.33. The molecule has 0 saturated heterocycles. The average Bonchev–Trinajstić information content (AvgIpc) is 2.65. The van der Waals surface area contributed by atoms with Crippen molar-refractivity contribution in [3.05, 3.63) is 16.9 Å². The Morgan fingerprint density at radius 3 is 2.89 bits per heavy atom. The van der Waals surface area contributed by atoms with Crippen molar-refractivity contribution in [2.75, 3.05) is 21.2 Å². The fourth-order valence-electron chi connectivity index (χ4n) is 1.55. The van der Waals surface area contributed by atoms with Gasteiger partial charge in [0.1, 0.15) is 6.54 Å². The second kappa shape index (κ2) is 4.77. The molecule has 0 unspecified atom stereocenters. The standard InChI is InChI=1S/C11H14N4O2S/c1-14(2)9(16)6-15-10-7(12-11(15)18)4-5-8(13-10)17-3/h4-5H,6H2,1-3H3,(H,12,18). The third-order valence-corrected chi connectivity index (χ3v) is 2.92. The molecule has 7 heteroatoms. The van der Waals surface area contributed by atoms with Gasteiger partial charge in [-0.1, -0.05) is 0 Å². The van der Waals surface area contributed by atoms with Gasteiger partial charge in [-0.25, -0.2) is 0 Å².